The predicted octanol–water partition coefficient (Wildman–Crippen LogP) is 3.85. The van der Waals surface area contributed by atoms with E-state index in [-0.39, 0.29) is 5.41 Å². The largest absolute Gasteiger partial charge is 0.316 e. The molecule has 0 atom stereocenters. The Labute approximate surface area is 110 Å². The van der Waals surface area contributed by atoms with E-state index in [2.05, 4.69) is 56.9 Å². The fraction of sp³-hybridized carbons (Fsp3) is 0.467. The van der Waals surface area contributed by atoms with Crippen LogP contribution in [0.2, 0.25) is 0 Å². The van der Waals surface area contributed by atoms with Crippen molar-refractivity contribution in [2.24, 2.45) is 0 Å². The van der Waals surface area contributed by atoms with Crippen LogP contribution in [0.15, 0.2) is 41.3 Å². The molecule has 1 nitrogen and oxygen atoms in total. The van der Waals surface area contributed by atoms with Crippen LogP contribution in [-0.4, -0.2) is 19.3 Å². The van der Waals surface area contributed by atoms with Crippen molar-refractivity contribution in [3.8, 4) is 0 Å². The predicted molar refractivity (Wildman–Crippen MR) is 78.9 cm³/mol. The number of likely N-dealkylation sites (N-methyl/N-ethyl adjacent to an activating group) is 1. The third-order valence-corrected chi connectivity index (χ3v) is 3.75. The maximum atomic E-state index is 4.03. The lowest BCUT2D eigenvalue weighted by molar-refractivity contribution is 0.590. The smallest absolute Gasteiger partial charge is 0.0200 e. The fourth-order valence-electron chi connectivity index (χ4n) is 1.54. The van der Waals surface area contributed by atoms with Crippen molar-refractivity contribution in [3.63, 3.8) is 0 Å². The van der Waals surface area contributed by atoms with E-state index in [1.807, 2.05) is 18.8 Å². The Bertz CT molecular complexity index is 360. The standard InChI is InChI=1S/C15H23NS/c1-12(10-16-5)11-17-14-8-6-13(7-9-14)15(2,3)4/h6-9,16H,1,10-11H2,2-5H3. The normalized spacial score (nSPS) is 11.5. The highest BCUT2D eigenvalue weighted by Gasteiger charge is 2.12. The number of benzene rings is 1. The van der Waals surface area contributed by atoms with Crippen LogP contribution in [0.5, 0.6) is 0 Å². The first-order valence-corrected chi connectivity index (χ1v) is 6.96. The molecule has 0 fully saturated rings. The van der Waals surface area contributed by atoms with Crippen LogP contribution in [-0.2, 0) is 5.41 Å². The molecule has 0 heterocycles. The SMILES string of the molecule is C=C(CNC)CSc1ccc(C(C)(C)C)cc1. The molecule has 1 aromatic carbocycles. The first-order chi connectivity index (χ1) is 7.93. The molecule has 0 bridgehead atoms. The Morgan fingerprint density at radius 1 is 1.24 bits per heavy atom. The van der Waals surface area contributed by atoms with Crippen molar-refractivity contribution in [3.05, 3.63) is 42.0 Å². The number of hydrogen-bond donors (Lipinski definition) is 1. The Morgan fingerprint density at radius 3 is 2.29 bits per heavy atom. The molecule has 0 saturated heterocycles. The van der Waals surface area contributed by atoms with Crippen molar-refractivity contribution in [2.45, 2.75) is 31.1 Å². The minimum Gasteiger partial charge on any atom is -0.316 e. The van der Waals surface area contributed by atoms with Gasteiger partial charge >= 0.3 is 0 Å². The summed E-state index contributed by atoms with van der Waals surface area (Å²) >= 11 is 1.85. The maximum Gasteiger partial charge on any atom is 0.0200 e. The van der Waals surface area contributed by atoms with Gasteiger partial charge < -0.3 is 5.32 Å². The number of hydrogen-bond acceptors (Lipinski definition) is 2. The topological polar surface area (TPSA) is 12.0 Å². The quantitative estimate of drug-likeness (QED) is 0.628. The van der Waals surface area contributed by atoms with Gasteiger partial charge in [0.2, 0.25) is 0 Å². The third kappa shape index (κ3) is 4.97. The minimum absolute atomic E-state index is 0.235. The molecule has 0 aliphatic heterocycles. The van der Waals surface area contributed by atoms with Gasteiger partial charge in [-0.1, -0.05) is 45.1 Å². The van der Waals surface area contributed by atoms with Gasteiger partial charge in [0.1, 0.15) is 0 Å². The molecule has 0 aromatic heterocycles. The summed E-state index contributed by atoms with van der Waals surface area (Å²) in [5, 5.41) is 3.12. The highest BCUT2D eigenvalue weighted by molar-refractivity contribution is 7.99. The Kier molecular flexibility index (Phi) is 5.29. The van der Waals surface area contributed by atoms with E-state index in [1.165, 1.54) is 16.0 Å². The van der Waals surface area contributed by atoms with Gasteiger partial charge in [0.15, 0.2) is 0 Å². The first-order valence-electron chi connectivity index (χ1n) is 5.98. The van der Waals surface area contributed by atoms with Gasteiger partial charge in [0.05, 0.1) is 0 Å². The average molecular weight is 249 g/mol. The van der Waals surface area contributed by atoms with Crippen LogP contribution < -0.4 is 5.32 Å². The molecule has 0 amide bonds. The molecule has 0 unspecified atom stereocenters. The number of nitrogens with one attached hydrogen (secondary N) is 1. The molecule has 0 spiro atoms. The van der Waals surface area contributed by atoms with Gasteiger partial charge in [0, 0.05) is 17.2 Å². The lowest BCUT2D eigenvalue weighted by Gasteiger charge is -2.19. The minimum atomic E-state index is 0.235. The molecule has 94 valence electrons. The fourth-order valence-corrected chi connectivity index (χ4v) is 2.34. The van der Waals surface area contributed by atoms with E-state index in [1.54, 1.807) is 0 Å². The molecule has 1 rings (SSSR count). The van der Waals surface area contributed by atoms with Crippen molar-refractivity contribution in [2.75, 3.05) is 19.3 Å². The van der Waals surface area contributed by atoms with Crippen molar-refractivity contribution in [1.29, 1.82) is 0 Å². The second kappa shape index (κ2) is 6.27. The van der Waals surface area contributed by atoms with Gasteiger partial charge in [-0.15, -0.1) is 11.8 Å². The molecule has 1 N–H and O–H groups in total. The van der Waals surface area contributed by atoms with E-state index < -0.39 is 0 Å². The van der Waals surface area contributed by atoms with E-state index in [9.17, 15) is 0 Å². The molecule has 0 radical (unpaired) electrons. The summed E-state index contributed by atoms with van der Waals surface area (Å²) < 4.78 is 0. The van der Waals surface area contributed by atoms with Crippen LogP contribution in [0.4, 0.5) is 0 Å². The molecule has 2 heteroatoms. The van der Waals surface area contributed by atoms with Gasteiger partial charge in [-0.2, -0.15) is 0 Å². The molecular weight excluding hydrogens is 226 g/mol. The van der Waals surface area contributed by atoms with Gasteiger partial charge in [-0.3, -0.25) is 0 Å². The lowest BCUT2D eigenvalue weighted by atomic mass is 9.87. The molecule has 0 aliphatic rings. The summed E-state index contributed by atoms with van der Waals surface area (Å²) in [6, 6.07) is 8.86. The first kappa shape index (κ1) is 14.3. The summed E-state index contributed by atoms with van der Waals surface area (Å²) in [7, 11) is 1.95. The number of rotatable bonds is 5. The average Bonchev–Trinajstić information content (AvgIpc) is 2.26. The van der Waals surface area contributed by atoms with Gasteiger partial charge in [-0.25, -0.2) is 0 Å². The Balaban J connectivity index is 2.54. The summed E-state index contributed by atoms with van der Waals surface area (Å²) in [6.07, 6.45) is 0. The van der Waals surface area contributed by atoms with Crippen molar-refractivity contribution < 1.29 is 0 Å². The Morgan fingerprint density at radius 2 is 1.82 bits per heavy atom. The highest BCUT2D eigenvalue weighted by atomic mass is 32.2. The zero-order valence-corrected chi connectivity index (χ0v) is 12.2. The molecule has 0 saturated carbocycles. The van der Waals surface area contributed by atoms with Crippen molar-refractivity contribution in [1.82, 2.24) is 5.32 Å². The maximum absolute atomic E-state index is 4.03. The van der Waals surface area contributed by atoms with Crippen LogP contribution in [0, 0.1) is 0 Å². The van der Waals surface area contributed by atoms with Gasteiger partial charge in [0.25, 0.3) is 0 Å². The number of thioether (sulfide) groups is 1. The summed E-state index contributed by atoms with van der Waals surface area (Å²) in [4.78, 5) is 1.32. The summed E-state index contributed by atoms with van der Waals surface area (Å²) in [6.45, 7) is 11.6. The molecule has 0 aliphatic carbocycles. The van der Waals surface area contributed by atoms with Crippen LogP contribution in [0.25, 0.3) is 0 Å². The second-order valence-electron chi connectivity index (χ2n) is 5.34. The van der Waals surface area contributed by atoms with E-state index in [4.69, 9.17) is 0 Å². The van der Waals surface area contributed by atoms with Crippen LogP contribution in [0.3, 0.4) is 0 Å². The zero-order valence-electron chi connectivity index (χ0n) is 11.3. The Hall–Kier alpha value is -0.730. The molecule has 17 heavy (non-hydrogen) atoms. The lowest BCUT2D eigenvalue weighted by Crippen LogP contribution is -2.11. The van der Waals surface area contributed by atoms with Crippen LogP contribution >= 0.6 is 11.8 Å². The van der Waals surface area contributed by atoms with E-state index in [0.29, 0.717) is 0 Å². The summed E-state index contributed by atoms with van der Waals surface area (Å²) in [5.74, 6) is 0.982. The highest BCUT2D eigenvalue weighted by Crippen LogP contribution is 2.26. The summed E-state index contributed by atoms with van der Waals surface area (Å²) in [5.41, 5.74) is 2.85. The van der Waals surface area contributed by atoms with Gasteiger partial charge in [-0.05, 0) is 30.2 Å². The molecular formula is C15H23NS. The second-order valence-corrected chi connectivity index (χ2v) is 6.39. The van der Waals surface area contributed by atoms with Crippen LogP contribution in [0.1, 0.15) is 26.3 Å². The monoisotopic (exact) mass is 249 g/mol. The van der Waals surface area contributed by atoms with E-state index >= 15 is 0 Å². The zero-order chi connectivity index (χ0) is 12.9. The molecule has 1 aromatic rings. The van der Waals surface area contributed by atoms with E-state index in [0.717, 1.165) is 12.3 Å². The van der Waals surface area contributed by atoms with Crippen molar-refractivity contribution >= 4 is 11.8 Å². The third-order valence-electron chi connectivity index (χ3n) is 2.59.